The second-order valence-electron chi connectivity index (χ2n) is 3.46. The van der Waals surface area contributed by atoms with Crippen molar-refractivity contribution < 1.29 is 19.4 Å². The largest absolute Gasteiger partial charge is 0.504 e. The molecule has 0 amide bonds. The Bertz CT molecular complexity index is 411. The summed E-state index contributed by atoms with van der Waals surface area (Å²) >= 11 is 0. The monoisotopic (exact) mass is 208 g/mol. The fraction of sp³-hybridized carbons (Fsp3) is 0.364. The highest BCUT2D eigenvalue weighted by atomic mass is 16.5. The number of rotatable bonds is 1. The van der Waals surface area contributed by atoms with Gasteiger partial charge in [-0.1, -0.05) is 0 Å². The van der Waals surface area contributed by atoms with Crippen molar-refractivity contribution >= 4 is 5.78 Å². The van der Waals surface area contributed by atoms with Gasteiger partial charge in [0.1, 0.15) is 6.10 Å². The van der Waals surface area contributed by atoms with Crippen LogP contribution in [-0.2, 0) is 11.3 Å². The molecule has 0 spiro atoms. The van der Waals surface area contributed by atoms with Gasteiger partial charge in [-0.15, -0.1) is 0 Å². The Morgan fingerprint density at radius 2 is 2.27 bits per heavy atom. The third-order valence-corrected chi connectivity index (χ3v) is 2.58. The van der Waals surface area contributed by atoms with Gasteiger partial charge in [0.05, 0.1) is 13.7 Å². The lowest BCUT2D eigenvalue weighted by atomic mass is 9.97. The average molecular weight is 208 g/mol. The number of carbonyl (C=O) groups excluding carboxylic acids is 1. The molecular weight excluding hydrogens is 196 g/mol. The number of ketones is 1. The maximum Gasteiger partial charge on any atom is 0.191 e. The SMILES string of the molecule is COc1ccc2c(c1O)CO[C@@H](C)C2=O. The van der Waals surface area contributed by atoms with Crippen LogP contribution in [0, 0.1) is 0 Å². The lowest BCUT2D eigenvalue weighted by molar-refractivity contribution is 0.0327. The zero-order valence-corrected chi connectivity index (χ0v) is 8.61. The zero-order valence-electron chi connectivity index (χ0n) is 8.61. The van der Waals surface area contributed by atoms with Gasteiger partial charge in [0.2, 0.25) is 0 Å². The Balaban J connectivity index is 2.55. The van der Waals surface area contributed by atoms with E-state index in [4.69, 9.17) is 9.47 Å². The number of phenols is 1. The van der Waals surface area contributed by atoms with Crippen LogP contribution in [0.15, 0.2) is 12.1 Å². The van der Waals surface area contributed by atoms with Crippen molar-refractivity contribution in [2.75, 3.05) is 7.11 Å². The number of Topliss-reactive ketones (excluding diaryl/α,β-unsaturated/α-hetero) is 1. The number of fused-ring (bicyclic) bond motifs is 1. The lowest BCUT2D eigenvalue weighted by Gasteiger charge is -2.22. The van der Waals surface area contributed by atoms with Gasteiger partial charge in [0.15, 0.2) is 17.3 Å². The highest BCUT2D eigenvalue weighted by Crippen LogP contribution is 2.35. The van der Waals surface area contributed by atoms with Gasteiger partial charge < -0.3 is 14.6 Å². The molecule has 1 aromatic rings. The average Bonchev–Trinajstić information content (AvgIpc) is 2.24. The lowest BCUT2D eigenvalue weighted by Crippen LogP contribution is -2.27. The molecular formula is C11H12O4. The van der Waals surface area contributed by atoms with Crippen LogP contribution >= 0.6 is 0 Å². The molecule has 0 aromatic heterocycles. The summed E-state index contributed by atoms with van der Waals surface area (Å²) in [6.07, 6.45) is -0.440. The maximum atomic E-state index is 11.7. The van der Waals surface area contributed by atoms with Crippen LogP contribution in [0.1, 0.15) is 22.8 Å². The number of ether oxygens (including phenoxy) is 2. The predicted molar refractivity (Wildman–Crippen MR) is 53.2 cm³/mol. The van der Waals surface area contributed by atoms with Crippen molar-refractivity contribution in [3.63, 3.8) is 0 Å². The highest BCUT2D eigenvalue weighted by molar-refractivity contribution is 6.02. The van der Waals surface area contributed by atoms with Crippen LogP contribution < -0.4 is 4.74 Å². The van der Waals surface area contributed by atoms with Crippen molar-refractivity contribution in [3.8, 4) is 11.5 Å². The first kappa shape index (κ1) is 9.98. The fourth-order valence-electron chi connectivity index (χ4n) is 1.66. The molecule has 0 fully saturated rings. The summed E-state index contributed by atoms with van der Waals surface area (Å²) < 4.78 is 10.2. The normalized spacial score (nSPS) is 19.9. The molecule has 80 valence electrons. The van der Waals surface area contributed by atoms with Crippen molar-refractivity contribution in [1.29, 1.82) is 0 Å². The first-order chi connectivity index (χ1) is 7.15. The van der Waals surface area contributed by atoms with Crippen LogP contribution in [0.5, 0.6) is 11.5 Å². The topological polar surface area (TPSA) is 55.8 Å². The number of carbonyl (C=O) groups is 1. The molecule has 4 heteroatoms. The molecule has 1 aromatic carbocycles. The van der Waals surface area contributed by atoms with Crippen molar-refractivity contribution in [2.24, 2.45) is 0 Å². The van der Waals surface area contributed by atoms with Gasteiger partial charge >= 0.3 is 0 Å². The molecule has 0 aliphatic carbocycles. The van der Waals surface area contributed by atoms with E-state index in [9.17, 15) is 9.90 Å². The van der Waals surface area contributed by atoms with E-state index in [1.807, 2.05) is 0 Å². The Kier molecular flexibility index (Phi) is 2.36. The number of hydrogen-bond acceptors (Lipinski definition) is 4. The molecule has 1 heterocycles. The quantitative estimate of drug-likeness (QED) is 0.759. The summed E-state index contributed by atoms with van der Waals surface area (Å²) in [4.78, 5) is 11.7. The van der Waals surface area contributed by atoms with E-state index >= 15 is 0 Å². The summed E-state index contributed by atoms with van der Waals surface area (Å²) in [7, 11) is 1.47. The Morgan fingerprint density at radius 3 is 2.93 bits per heavy atom. The van der Waals surface area contributed by atoms with E-state index in [0.717, 1.165) is 0 Å². The third kappa shape index (κ3) is 1.47. The van der Waals surface area contributed by atoms with E-state index in [1.165, 1.54) is 7.11 Å². The minimum absolute atomic E-state index is 0.00440. The van der Waals surface area contributed by atoms with Gasteiger partial charge in [-0.25, -0.2) is 0 Å². The van der Waals surface area contributed by atoms with Crippen LogP contribution in [0.4, 0.5) is 0 Å². The number of phenolic OH excluding ortho intramolecular Hbond substituents is 1. The smallest absolute Gasteiger partial charge is 0.191 e. The van der Waals surface area contributed by atoms with Crippen LogP contribution in [0.3, 0.4) is 0 Å². The van der Waals surface area contributed by atoms with Gasteiger partial charge in [-0.3, -0.25) is 4.79 Å². The molecule has 1 aliphatic heterocycles. The number of hydrogen-bond donors (Lipinski definition) is 1. The van der Waals surface area contributed by atoms with Crippen LogP contribution in [-0.4, -0.2) is 24.1 Å². The summed E-state index contributed by atoms with van der Waals surface area (Å²) in [5.74, 6) is 0.254. The summed E-state index contributed by atoms with van der Waals surface area (Å²) in [5, 5.41) is 9.78. The number of methoxy groups -OCH3 is 1. The first-order valence-electron chi connectivity index (χ1n) is 4.69. The van der Waals surface area contributed by atoms with Crippen molar-refractivity contribution in [2.45, 2.75) is 19.6 Å². The number of benzene rings is 1. The summed E-state index contributed by atoms with van der Waals surface area (Å²) in [6.45, 7) is 1.94. The Morgan fingerprint density at radius 1 is 1.53 bits per heavy atom. The van der Waals surface area contributed by atoms with E-state index in [2.05, 4.69) is 0 Å². The van der Waals surface area contributed by atoms with Crippen molar-refractivity contribution in [3.05, 3.63) is 23.3 Å². The standard InChI is InChI=1S/C11H12O4/c1-6-10(12)7-3-4-9(14-2)11(13)8(7)5-15-6/h3-4,6,13H,5H2,1-2H3/t6-/m0/s1. The zero-order chi connectivity index (χ0) is 11.0. The molecule has 15 heavy (non-hydrogen) atoms. The molecule has 1 aliphatic rings. The predicted octanol–water partition coefficient (Wildman–Crippen LogP) is 1.50. The van der Waals surface area contributed by atoms with E-state index in [1.54, 1.807) is 19.1 Å². The molecule has 0 unspecified atom stereocenters. The maximum absolute atomic E-state index is 11.7. The van der Waals surface area contributed by atoms with Gasteiger partial charge in [-0.05, 0) is 19.1 Å². The molecule has 0 bridgehead atoms. The molecule has 2 rings (SSSR count). The van der Waals surface area contributed by atoms with Gasteiger partial charge in [0, 0.05) is 11.1 Å². The summed E-state index contributed by atoms with van der Waals surface area (Å²) in [6, 6.07) is 3.25. The number of aromatic hydroxyl groups is 1. The van der Waals surface area contributed by atoms with E-state index < -0.39 is 6.10 Å². The summed E-state index contributed by atoms with van der Waals surface area (Å²) in [5.41, 5.74) is 1.03. The van der Waals surface area contributed by atoms with E-state index in [-0.39, 0.29) is 18.1 Å². The Labute approximate surface area is 87.4 Å². The highest BCUT2D eigenvalue weighted by Gasteiger charge is 2.27. The molecule has 0 saturated carbocycles. The van der Waals surface area contributed by atoms with Crippen molar-refractivity contribution in [1.82, 2.24) is 0 Å². The molecule has 0 saturated heterocycles. The van der Waals surface area contributed by atoms with Crippen LogP contribution in [0.25, 0.3) is 0 Å². The second-order valence-corrected chi connectivity index (χ2v) is 3.46. The minimum atomic E-state index is -0.440. The molecule has 1 N–H and O–H groups in total. The van der Waals surface area contributed by atoms with Gasteiger partial charge in [-0.2, -0.15) is 0 Å². The second kappa shape index (κ2) is 3.55. The Hall–Kier alpha value is -1.55. The molecule has 1 atom stereocenters. The van der Waals surface area contributed by atoms with E-state index in [0.29, 0.717) is 16.9 Å². The molecule has 4 nitrogen and oxygen atoms in total. The fourth-order valence-corrected chi connectivity index (χ4v) is 1.66. The first-order valence-corrected chi connectivity index (χ1v) is 4.69. The third-order valence-electron chi connectivity index (χ3n) is 2.58. The van der Waals surface area contributed by atoms with Gasteiger partial charge in [0.25, 0.3) is 0 Å². The molecule has 0 radical (unpaired) electrons. The minimum Gasteiger partial charge on any atom is -0.504 e. The van der Waals surface area contributed by atoms with Crippen LogP contribution in [0.2, 0.25) is 0 Å².